The topological polar surface area (TPSA) is 76.7 Å². The molecular weight excluding hydrogens is 344 g/mol. The first-order chi connectivity index (χ1) is 13.1. The van der Waals surface area contributed by atoms with Crippen molar-refractivity contribution in [3.05, 3.63) is 71.3 Å². The fourth-order valence-corrected chi connectivity index (χ4v) is 2.95. The summed E-state index contributed by atoms with van der Waals surface area (Å²) >= 11 is 0. The Kier molecular flexibility index (Phi) is 5.76. The van der Waals surface area contributed by atoms with Crippen molar-refractivity contribution in [1.29, 1.82) is 0 Å². The van der Waals surface area contributed by atoms with E-state index in [-0.39, 0.29) is 6.03 Å². The molecule has 0 fully saturated rings. The third-order valence-electron chi connectivity index (χ3n) is 4.23. The normalized spacial score (nSPS) is 16.4. The van der Waals surface area contributed by atoms with E-state index >= 15 is 0 Å². The van der Waals surface area contributed by atoms with Gasteiger partial charge in [0.05, 0.1) is 31.0 Å². The minimum Gasteiger partial charge on any atom is -0.494 e. The van der Waals surface area contributed by atoms with Crippen molar-refractivity contribution < 1.29 is 19.1 Å². The molecule has 0 saturated carbocycles. The number of urea groups is 1. The Hall–Kier alpha value is -3.28. The van der Waals surface area contributed by atoms with Gasteiger partial charge in [-0.1, -0.05) is 49.4 Å². The maximum Gasteiger partial charge on any atom is 0.338 e. The second-order valence-electron chi connectivity index (χ2n) is 6.10. The minimum absolute atomic E-state index is 0.352. The number of methoxy groups -OCH3 is 1. The molecule has 0 aliphatic carbocycles. The van der Waals surface area contributed by atoms with Crippen LogP contribution in [0.25, 0.3) is 5.70 Å². The first-order valence-corrected chi connectivity index (χ1v) is 8.82. The van der Waals surface area contributed by atoms with Crippen LogP contribution in [0.15, 0.2) is 60.2 Å². The summed E-state index contributed by atoms with van der Waals surface area (Å²) in [5.41, 5.74) is 2.30. The third kappa shape index (κ3) is 4.11. The van der Waals surface area contributed by atoms with Gasteiger partial charge in [-0.15, -0.1) is 0 Å². The van der Waals surface area contributed by atoms with Crippen LogP contribution in [-0.2, 0) is 9.53 Å². The Morgan fingerprint density at radius 2 is 1.78 bits per heavy atom. The van der Waals surface area contributed by atoms with E-state index in [0.29, 0.717) is 17.9 Å². The van der Waals surface area contributed by atoms with Crippen molar-refractivity contribution >= 4 is 17.7 Å². The van der Waals surface area contributed by atoms with Crippen LogP contribution in [0.4, 0.5) is 4.79 Å². The lowest BCUT2D eigenvalue weighted by Gasteiger charge is -2.29. The van der Waals surface area contributed by atoms with Crippen molar-refractivity contribution in [3.63, 3.8) is 0 Å². The van der Waals surface area contributed by atoms with Crippen LogP contribution >= 0.6 is 0 Å². The number of rotatable bonds is 6. The smallest absolute Gasteiger partial charge is 0.338 e. The largest absolute Gasteiger partial charge is 0.494 e. The van der Waals surface area contributed by atoms with Gasteiger partial charge in [0.25, 0.3) is 0 Å². The molecule has 3 rings (SSSR count). The van der Waals surface area contributed by atoms with Crippen LogP contribution in [0.3, 0.4) is 0 Å². The molecule has 0 bridgehead atoms. The molecule has 1 unspecified atom stereocenters. The summed E-state index contributed by atoms with van der Waals surface area (Å²) < 4.78 is 10.6. The van der Waals surface area contributed by atoms with E-state index in [4.69, 9.17) is 9.47 Å². The summed E-state index contributed by atoms with van der Waals surface area (Å²) in [6, 6.07) is 15.6. The van der Waals surface area contributed by atoms with Gasteiger partial charge < -0.3 is 20.1 Å². The Labute approximate surface area is 158 Å². The number of benzene rings is 2. The van der Waals surface area contributed by atoms with Crippen LogP contribution in [0.5, 0.6) is 5.75 Å². The summed E-state index contributed by atoms with van der Waals surface area (Å²) in [7, 11) is 1.33. The minimum atomic E-state index is -0.623. The second-order valence-corrected chi connectivity index (χ2v) is 6.10. The van der Waals surface area contributed by atoms with Crippen LogP contribution in [-0.4, -0.2) is 25.7 Å². The lowest BCUT2D eigenvalue weighted by atomic mass is 9.92. The standard InChI is InChI=1S/C21H22N2O4/c1-3-13-27-16-11-9-15(10-12-16)19-17(20(24)26-2)18(22-21(25)23-19)14-7-5-4-6-8-14/h4-12,19H,3,13H2,1-2H3,(H2,22,23,25). The molecule has 0 spiro atoms. The summed E-state index contributed by atoms with van der Waals surface area (Å²) in [4.78, 5) is 24.8. The molecule has 0 saturated heterocycles. The number of nitrogens with one attached hydrogen (secondary N) is 2. The van der Waals surface area contributed by atoms with Gasteiger partial charge in [0.15, 0.2) is 0 Å². The molecule has 1 heterocycles. The molecule has 2 amide bonds. The zero-order valence-electron chi connectivity index (χ0n) is 15.3. The highest BCUT2D eigenvalue weighted by Gasteiger charge is 2.34. The molecule has 1 atom stereocenters. The Balaban J connectivity index is 2.04. The monoisotopic (exact) mass is 366 g/mol. The SMILES string of the molecule is CCCOc1ccc(C2NC(=O)NC(c3ccccc3)=C2C(=O)OC)cc1. The lowest BCUT2D eigenvalue weighted by molar-refractivity contribution is -0.136. The number of hydrogen-bond donors (Lipinski definition) is 2. The summed E-state index contributed by atoms with van der Waals surface area (Å²) in [6.45, 7) is 2.67. The first kappa shape index (κ1) is 18.5. The number of carbonyl (C=O) groups excluding carboxylic acids is 2. The molecule has 2 aromatic rings. The summed E-state index contributed by atoms with van der Waals surface area (Å²) in [5.74, 6) is 0.241. The van der Waals surface area contributed by atoms with Gasteiger partial charge in [-0.25, -0.2) is 9.59 Å². The van der Waals surface area contributed by atoms with Crippen molar-refractivity contribution in [3.8, 4) is 5.75 Å². The van der Waals surface area contributed by atoms with Crippen molar-refractivity contribution in [2.75, 3.05) is 13.7 Å². The lowest BCUT2D eigenvalue weighted by Crippen LogP contribution is -2.45. The fraction of sp³-hybridized carbons (Fsp3) is 0.238. The van der Waals surface area contributed by atoms with E-state index in [9.17, 15) is 9.59 Å². The molecule has 2 aromatic carbocycles. The molecule has 1 aliphatic heterocycles. The zero-order chi connectivity index (χ0) is 19.2. The predicted octanol–water partition coefficient (Wildman–Crippen LogP) is 3.41. The average molecular weight is 366 g/mol. The Morgan fingerprint density at radius 3 is 2.41 bits per heavy atom. The van der Waals surface area contributed by atoms with E-state index in [1.807, 2.05) is 61.5 Å². The predicted molar refractivity (Wildman–Crippen MR) is 102 cm³/mol. The fourth-order valence-electron chi connectivity index (χ4n) is 2.95. The van der Waals surface area contributed by atoms with Crippen LogP contribution < -0.4 is 15.4 Å². The Bertz CT molecular complexity index is 844. The number of hydrogen-bond acceptors (Lipinski definition) is 4. The number of esters is 1. The average Bonchev–Trinajstić information content (AvgIpc) is 2.72. The van der Waals surface area contributed by atoms with Gasteiger partial charge >= 0.3 is 12.0 Å². The zero-order valence-corrected chi connectivity index (χ0v) is 15.3. The van der Waals surface area contributed by atoms with Gasteiger partial charge in [-0.05, 0) is 29.7 Å². The van der Waals surface area contributed by atoms with Crippen molar-refractivity contribution in [1.82, 2.24) is 10.6 Å². The highest BCUT2D eigenvalue weighted by Crippen LogP contribution is 2.32. The molecule has 0 radical (unpaired) electrons. The van der Waals surface area contributed by atoms with E-state index in [0.717, 1.165) is 23.3 Å². The number of ether oxygens (including phenoxy) is 2. The molecule has 140 valence electrons. The third-order valence-corrected chi connectivity index (χ3v) is 4.23. The van der Waals surface area contributed by atoms with E-state index in [1.54, 1.807) is 0 Å². The van der Waals surface area contributed by atoms with E-state index < -0.39 is 12.0 Å². The van der Waals surface area contributed by atoms with E-state index in [1.165, 1.54) is 7.11 Å². The highest BCUT2D eigenvalue weighted by atomic mass is 16.5. The van der Waals surface area contributed by atoms with Gasteiger partial charge in [0.1, 0.15) is 5.75 Å². The van der Waals surface area contributed by atoms with Crippen LogP contribution in [0.2, 0.25) is 0 Å². The van der Waals surface area contributed by atoms with Crippen molar-refractivity contribution in [2.24, 2.45) is 0 Å². The van der Waals surface area contributed by atoms with Gasteiger partial charge in [-0.3, -0.25) is 0 Å². The summed E-state index contributed by atoms with van der Waals surface area (Å²) in [6.07, 6.45) is 0.918. The maximum atomic E-state index is 12.6. The quantitative estimate of drug-likeness (QED) is 0.768. The maximum absolute atomic E-state index is 12.6. The Morgan fingerprint density at radius 1 is 1.07 bits per heavy atom. The first-order valence-electron chi connectivity index (χ1n) is 8.82. The number of amides is 2. The van der Waals surface area contributed by atoms with Gasteiger partial charge in [0, 0.05) is 0 Å². The molecule has 27 heavy (non-hydrogen) atoms. The highest BCUT2D eigenvalue weighted by molar-refractivity contribution is 6.04. The second kappa shape index (κ2) is 8.40. The van der Waals surface area contributed by atoms with Crippen LogP contribution in [0, 0.1) is 0 Å². The van der Waals surface area contributed by atoms with E-state index in [2.05, 4.69) is 10.6 Å². The molecule has 6 nitrogen and oxygen atoms in total. The van der Waals surface area contributed by atoms with Crippen LogP contribution in [0.1, 0.15) is 30.5 Å². The van der Waals surface area contributed by atoms with Crippen molar-refractivity contribution in [2.45, 2.75) is 19.4 Å². The number of carbonyl (C=O) groups is 2. The molecule has 2 N–H and O–H groups in total. The molecule has 0 aromatic heterocycles. The molecular formula is C21H22N2O4. The molecule has 1 aliphatic rings. The molecule has 6 heteroatoms. The summed E-state index contributed by atoms with van der Waals surface area (Å²) in [5, 5.41) is 5.55. The van der Waals surface area contributed by atoms with Gasteiger partial charge in [0.2, 0.25) is 0 Å². The van der Waals surface area contributed by atoms with Gasteiger partial charge in [-0.2, -0.15) is 0 Å².